The Hall–Kier alpha value is -5.02. The first-order valence-electron chi connectivity index (χ1n) is 13.5. The molecule has 1 aliphatic heterocycles. The topological polar surface area (TPSA) is 109 Å². The average Bonchev–Trinajstić information content (AvgIpc) is 3.65. The molecule has 13 heteroatoms. The third-order valence-electron chi connectivity index (χ3n) is 7.57. The summed E-state index contributed by atoms with van der Waals surface area (Å²) >= 11 is 6.72. The molecule has 1 saturated heterocycles. The Morgan fingerprint density at radius 3 is 2.72 bits per heavy atom. The SMILES string of the molecule is C=C(c1ccc(Nc2nccn3c(-c4ccc(OCC#N)c(F)c4F)cnc23)cc1Cl)N1CCC(c2nncn2C)CC1. The Morgan fingerprint density at radius 2 is 2.00 bits per heavy atom. The van der Waals surface area contributed by atoms with Gasteiger partial charge in [-0.25, -0.2) is 14.4 Å². The normalized spacial score (nSPS) is 13.7. The summed E-state index contributed by atoms with van der Waals surface area (Å²) in [5, 5.41) is 20.7. The van der Waals surface area contributed by atoms with E-state index < -0.39 is 18.2 Å². The second-order valence-corrected chi connectivity index (χ2v) is 10.5. The van der Waals surface area contributed by atoms with Crippen molar-refractivity contribution in [2.45, 2.75) is 18.8 Å². The quantitative estimate of drug-likeness (QED) is 0.232. The molecule has 1 N–H and O–H groups in total. The number of benzene rings is 2. The standard InChI is InChI=1S/C30H26ClF2N9O/c1-18(41-11-7-19(8-12-41)29-39-37-17-40(29)2)21-4-3-20(15-23(21)31)38-28-30-36-16-24(42(30)13-10-35-28)22-5-6-25(43-14-9-34)27(33)26(22)32/h3-6,10,13,15-17,19H,1,7-8,11-12,14H2,2H3,(H,35,38). The average molecular weight is 602 g/mol. The number of nitrogens with one attached hydrogen (secondary N) is 1. The Kier molecular flexibility index (Phi) is 7.65. The summed E-state index contributed by atoms with van der Waals surface area (Å²) in [7, 11) is 1.97. The van der Waals surface area contributed by atoms with Crippen LogP contribution in [0.1, 0.15) is 30.1 Å². The largest absolute Gasteiger partial charge is 0.476 e. The predicted octanol–water partition coefficient (Wildman–Crippen LogP) is 5.95. The van der Waals surface area contributed by atoms with Crippen molar-refractivity contribution in [1.29, 1.82) is 5.26 Å². The molecule has 0 radical (unpaired) electrons. The summed E-state index contributed by atoms with van der Waals surface area (Å²) in [6.45, 7) is 5.59. The number of rotatable bonds is 8. The number of fused-ring (bicyclic) bond motifs is 1. The van der Waals surface area contributed by atoms with Crippen LogP contribution in [-0.2, 0) is 7.05 Å². The molecule has 43 heavy (non-hydrogen) atoms. The Bertz CT molecular complexity index is 1870. The van der Waals surface area contributed by atoms with E-state index in [0.29, 0.717) is 33.8 Å². The zero-order chi connectivity index (χ0) is 30.1. The van der Waals surface area contributed by atoms with Crippen LogP contribution >= 0.6 is 11.6 Å². The highest BCUT2D eigenvalue weighted by molar-refractivity contribution is 6.32. The first kappa shape index (κ1) is 28.1. The van der Waals surface area contributed by atoms with Crippen LogP contribution < -0.4 is 10.1 Å². The fraction of sp³-hybridized carbons (Fsp3) is 0.233. The van der Waals surface area contributed by atoms with Gasteiger partial charge in [0.1, 0.15) is 18.2 Å². The lowest BCUT2D eigenvalue weighted by molar-refractivity contribution is 0.291. The number of aryl methyl sites for hydroxylation is 1. The number of aromatic nitrogens is 6. The molecule has 218 valence electrons. The van der Waals surface area contributed by atoms with Crippen LogP contribution in [-0.4, -0.2) is 53.7 Å². The molecule has 0 aliphatic carbocycles. The van der Waals surface area contributed by atoms with E-state index in [1.54, 1.807) is 29.1 Å². The number of anilines is 2. The van der Waals surface area contributed by atoms with Gasteiger partial charge in [0.15, 0.2) is 29.6 Å². The first-order chi connectivity index (χ1) is 20.9. The van der Waals surface area contributed by atoms with Crippen molar-refractivity contribution >= 4 is 34.5 Å². The van der Waals surface area contributed by atoms with Crippen LogP contribution in [0.2, 0.25) is 5.02 Å². The van der Waals surface area contributed by atoms with Gasteiger partial charge in [-0.15, -0.1) is 10.2 Å². The number of ether oxygens (including phenoxy) is 1. The van der Waals surface area contributed by atoms with Gasteiger partial charge in [-0.1, -0.05) is 18.2 Å². The van der Waals surface area contributed by atoms with E-state index in [-0.39, 0.29) is 11.3 Å². The van der Waals surface area contributed by atoms with E-state index in [0.717, 1.165) is 43.0 Å². The maximum Gasteiger partial charge on any atom is 0.201 e. The molecule has 0 unspecified atom stereocenters. The molecule has 0 saturated carbocycles. The molecular formula is C30H26ClF2N9O. The fourth-order valence-corrected chi connectivity index (χ4v) is 5.65. The third kappa shape index (κ3) is 5.35. The second kappa shape index (κ2) is 11.7. The van der Waals surface area contributed by atoms with E-state index >= 15 is 0 Å². The lowest BCUT2D eigenvalue weighted by atomic mass is 9.95. The molecule has 1 fully saturated rings. The number of hydrogen-bond acceptors (Lipinski definition) is 8. The van der Waals surface area contributed by atoms with Gasteiger partial charge in [-0.05, 0) is 43.2 Å². The Morgan fingerprint density at radius 1 is 1.19 bits per heavy atom. The maximum absolute atomic E-state index is 15.0. The minimum absolute atomic E-state index is 0.0158. The highest BCUT2D eigenvalue weighted by Gasteiger charge is 2.26. The maximum atomic E-state index is 15.0. The Balaban J connectivity index is 1.19. The van der Waals surface area contributed by atoms with E-state index in [1.165, 1.54) is 24.5 Å². The van der Waals surface area contributed by atoms with E-state index in [4.69, 9.17) is 21.6 Å². The summed E-state index contributed by atoms with van der Waals surface area (Å²) in [4.78, 5) is 11.0. The summed E-state index contributed by atoms with van der Waals surface area (Å²) < 4.78 is 38.1. The predicted molar refractivity (Wildman–Crippen MR) is 158 cm³/mol. The molecule has 4 heterocycles. The monoisotopic (exact) mass is 601 g/mol. The first-order valence-corrected chi connectivity index (χ1v) is 13.9. The molecule has 2 aromatic carbocycles. The van der Waals surface area contributed by atoms with Crippen LogP contribution in [0.3, 0.4) is 0 Å². The van der Waals surface area contributed by atoms with Gasteiger partial charge in [0.05, 0.1) is 16.9 Å². The highest BCUT2D eigenvalue weighted by Crippen LogP contribution is 2.35. The van der Waals surface area contributed by atoms with Crippen molar-refractivity contribution in [1.82, 2.24) is 34.0 Å². The van der Waals surface area contributed by atoms with Crippen LogP contribution in [0, 0.1) is 23.0 Å². The molecule has 0 spiro atoms. The lowest BCUT2D eigenvalue weighted by Gasteiger charge is -2.34. The molecular weight excluding hydrogens is 576 g/mol. The van der Waals surface area contributed by atoms with Crippen molar-refractivity contribution < 1.29 is 13.5 Å². The Labute approximate surface area is 250 Å². The highest BCUT2D eigenvalue weighted by atomic mass is 35.5. The zero-order valence-electron chi connectivity index (χ0n) is 23.1. The van der Waals surface area contributed by atoms with Gasteiger partial charge < -0.3 is 19.5 Å². The number of likely N-dealkylation sites (tertiary alicyclic amines) is 1. The van der Waals surface area contributed by atoms with Gasteiger partial charge in [0.25, 0.3) is 0 Å². The van der Waals surface area contributed by atoms with E-state index in [1.807, 2.05) is 23.7 Å². The summed E-state index contributed by atoms with van der Waals surface area (Å²) in [5.74, 6) is -0.864. The van der Waals surface area contributed by atoms with Crippen molar-refractivity contribution in [3.63, 3.8) is 0 Å². The molecule has 5 aromatic rings. The van der Waals surface area contributed by atoms with Crippen molar-refractivity contribution in [2.24, 2.45) is 7.05 Å². The van der Waals surface area contributed by atoms with Crippen molar-refractivity contribution in [3.8, 4) is 23.1 Å². The molecule has 0 atom stereocenters. The molecule has 0 amide bonds. The van der Waals surface area contributed by atoms with Crippen molar-refractivity contribution in [3.05, 3.63) is 89.9 Å². The minimum Gasteiger partial charge on any atom is -0.476 e. The summed E-state index contributed by atoms with van der Waals surface area (Å²) in [5.41, 5.74) is 3.05. The summed E-state index contributed by atoms with van der Waals surface area (Å²) in [6, 6.07) is 9.97. The number of imidazole rings is 1. The van der Waals surface area contributed by atoms with Gasteiger partial charge >= 0.3 is 0 Å². The lowest BCUT2D eigenvalue weighted by Crippen LogP contribution is -2.32. The molecule has 6 rings (SSSR count). The van der Waals surface area contributed by atoms with E-state index in [9.17, 15) is 8.78 Å². The van der Waals surface area contributed by atoms with Gasteiger partial charge in [0.2, 0.25) is 5.82 Å². The molecule has 1 aliphatic rings. The molecule has 10 nitrogen and oxygen atoms in total. The van der Waals surface area contributed by atoms with E-state index in [2.05, 4.69) is 37.0 Å². The second-order valence-electron chi connectivity index (χ2n) is 10.1. The van der Waals surface area contributed by atoms with Gasteiger partial charge in [0, 0.05) is 61.0 Å². The number of nitrogens with zero attached hydrogens (tertiary/aromatic N) is 8. The smallest absolute Gasteiger partial charge is 0.201 e. The molecule has 0 bridgehead atoms. The summed E-state index contributed by atoms with van der Waals surface area (Å²) in [6.07, 6.45) is 8.19. The van der Waals surface area contributed by atoms with Gasteiger partial charge in [-0.3, -0.25) is 4.40 Å². The fourth-order valence-electron chi connectivity index (χ4n) is 5.36. The number of hydrogen-bond donors (Lipinski definition) is 1. The number of halogens is 3. The van der Waals surface area contributed by atoms with Crippen LogP contribution in [0.25, 0.3) is 22.6 Å². The number of piperidine rings is 1. The van der Waals surface area contributed by atoms with Crippen LogP contribution in [0.4, 0.5) is 20.3 Å². The van der Waals surface area contributed by atoms with Crippen molar-refractivity contribution in [2.75, 3.05) is 25.0 Å². The third-order valence-corrected chi connectivity index (χ3v) is 7.89. The van der Waals surface area contributed by atoms with Crippen LogP contribution in [0.15, 0.2) is 61.8 Å². The van der Waals surface area contributed by atoms with Crippen LogP contribution in [0.5, 0.6) is 5.75 Å². The molecule has 3 aromatic heterocycles. The minimum atomic E-state index is -1.18. The number of nitriles is 1. The van der Waals surface area contributed by atoms with Gasteiger partial charge in [-0.2, -0.15) is 9.65 Å². The zero-order valence-corrected chi connectivity index (χ0v) is 23.9.